The molecule has 0 saturated carbocycles. The fourth-order valence-electron chi connectivity index (χ4n) is 7.75. The van der Waals surface area contributed by atoms with Crippen LogP contribution in [0.1, 0.15) is 245 Å². The first-order valence-electron chi connectivity index (χ1n) is 25.2. The molecule has 0 bridgehead atoms. The van der Waals surface area contributed by atoms with E-state index in [1.165, 1.54) is 116 Å². The predicted octanol–water partition coefficient (Wildman–Crippen LogP) is 10.0. The van der Waals surface area contributed by atoms with E-state index in [1.54, 1.807) is 0 Å². The van der Waals surface area contributed by atoms with Gasteiger partial charge in [0.2, 0.25) is 17.7 Å². The number of nitrogens with one attached hydrogen (secondary N) is 3. The molecule has 0 aliphatic carbocycles. The molecule has 0 aliphatic rings. The summed E-state index contributed by atoms with van der Waals surface area (Å²) in [6, 6.07) is -1.46. The van der Waals surface area contributed by atoms with Gasteiger partial charge in [-0.3, -0.25) is 19.2 Å². The Morgan fingerprint density at radius 3 is 1.43 bits per heavy atom. The van der Waals surface area contributed by atoms with E-state index >= 15 is 0 Å². The molecule has 0 aromatic rings. The van der Waals surface area contributed by atoms with Crippen molar-refractivity contribution in [3.05, 3.63) is 0 Å². The Labute approximate surface area is 367 Å². The third kappa shape index (κ3) is 37.5. The maximum Gasteiger partial charge on any atom is 0.306 e. The molecule has 354 valence electrons. The zero-order valence-corrected chi connectivity index (χ0v) is 39.1. The van der Waals surface area contributed by atoms with E-state index in [-0.39, 0.29) is 50.9 Å². The van der Waals surface area contributed by atoms with E-state index in [0.29, 0.717) is 32.1 Å². The summed E-state index contributed by atoms with van der Waals surface area (Å²) in [5.74, 6) is -1.42. The van der Waals surface area contributed by atoms with Gasteiger partial charge in [-0.2, -0.15) is 0 Å². The Bertz CT molecular complexity index is 1020. The van der Waals surface area contributed by atoms with E-state index in [1.807, 2.05) is 0 Å². The highest BCUT2D eigenvalue weighted by Crippen LogP contribution is 2.17. The van der Waals surface area contributed by atoms with Crippen LogP contribution in [0.15, 0.2) is 0 Å². The van der Waals surface area contributed by atoms with Gasteiger partial charge in [0.25, 0.3) is 0 Å². The van der Waals surface area contributed by atoms with Gasteiger partial charge in [0, 0.05) is 19.6 Å². The molecule has 60 heavy (non-hydrogen) atoms. The monoisotopic (exact) mass is 854 g/mol. The van der Waals surface area contributed by atoms with Crippen molar-refractivity contribution in [1.82, 2.24) is 16.0 Å². The molecule has 6 N–H and O–H groups in total. The topological polar surface area (TPSA) is 174 Å². The highest BCUT2D eigenvalue weighted by Gasteiger charge is 2.24. The normalized spacial score (nSPS) is 13.4. The second kappa shape index (κ2) is 43.4. The number of unbranched alkanes of at least 4 members (excludes halogenated alkanes) is 24. The molecule has 0 radical (unpaired) electrons. The van der Waals surface area contributed by atoms with Crippen molar-refractivity contribution < 1.29 is 39.2 Å². The van der Waals surface area contributed by atoms with Gasteiger partial charge in [0.15, 0.2) is 0 Å². The van der Waals surface area contributed by atoms with Crippen LogP contribution in [0.2, 0.25) is 0 Å². The Kier molecular flexibility index (Phi) is 41.8. The minimum absolute atomic E-state index is 0.00858. The van der Waals surface area contributed by atoms with Gasteiger partial charge in [-0.1, -0.05) is 181 Å². The number of aliphatic hydroxyl groups excluding tert-OH is 3. The molecule has 3 amide bonds. The second-order valence-corrected chi connectivity index (χ2v) is 17.5. The molecular formula is C49H95N3O8. The van der Waals surface area contributed by atoms with Crippen LogP contribution < -0.4 is 16.0 Å². The van der Waals surface area contributed by atoms with Crippen LogP contribution in [0, 0.1) is 0 Å². The second-order valence-electron chi connectivity index (χ2n) is 17.5. The molecule has 11 nitrogen and oxygen atoms in total. The van der Waals surface area contributed by atoms with Crippen molar-refractivity contribution in [2.24, 2.45) is 0 Å². The molecule has 0 unspecified atom stereocenters. The number of amides is 3. The first-order valence-corrected chi connectivity index (χ1v) is 25.2. The van der Waals surface area contributed by atoms with E-state index in [9.17, 15) is 34.5 Å². The number of aliphatic hydroxyl groups is 3. The average molecular weight is 854 g/mol. The fraction of sp³-hybridized carbons (Fsp3) is 0.918. The molecule has 11 heteroatoms. The number of carbonyl (C=O) groups is 4. The number of hydrogen-bond donors (Lipinski definition) is 6. The number of ether oxygens (including phenoxy) is 1. The van der Waals surface area contributed by atoms with Gasteiger partial charge in [-0.05, 0) is 44.9 Å². The van der Waals surface area contributed by atoms with Gasteiger partial charge < -0.3 is 36.0 Å². The first kappa shape index (κ1) is 57.8. The summed E-state index contributed by atoms with van der Waals surface area (Å²) in [7, 11) is 0. The predicted molar refractivity (Wildman–Crippen MR) is 246 cm³/mol. The van der Waals surface area contributed by atoms with Crippen molar-refractivity contribution in [2.75, 3.05) is 19.8 Å². The zero-order chi connectivity index (χ0) is 44.3. The van der Waals surface area contributed by atoms with Crippen molar-refractivity contribution >= 4 is 23.7 Å². The van der Waals surface area contributed by atoms with Gasteiger partial charge in [0.05, 0.1) is 31.6 Å². The third-order valence-corrected chi connectivity index (χ3v) is 11.6. The Morgan fingerprint density at radius 2 is 0.950 bits per heavy atom. The molecule has 0 rings (SSSR count). The van der Waals surface area contributed by atoms with Gasteiger partial charge in [-0.25, -0.2) is 0 Å². The van der Waals surface area contributed by atoms with Crippen LogP contribution in [0.25, 0.3) is 0 Å². The van der Waals surface area contributed by atoms with Crippen LogP contribution in [-0.4, -0.2) is 83.1 Å². The quantitative estimate of drug-likeness (QED) is 0.0259. The first-order chi connectivity index (χ1) is 29.2. The maximum absolute atomic E-state index is 13.2. The smallest absolute Gasteiger partial charge is 0.306 e. The lowest BCUT2D eigenvalue weighted by atomic mass is 10.0. The Morgan fingerprint density at radius 1 is 0.500 bits per heavy atom. The summed E-state index contributed by atoms with van der Waals surface area (Å²) >= 11 is 0. The van der Waals surface area contributed by atoms with Crippen molar-refractivity contribution in [3.8, 4) is 0 Å². The van der Waals surface area contributed by atoms with Crippen molar-refractivity contribution in [3.63, 3.8) is 0 Å². The molecular weight excluding hydrogens is 759 g/mol. The minimum Gasteiger partial charge on any atom is -0.462 e. The molecule has 0 fully saturated rings. The van der Waals surface area contributed by atoms with E-state index < -0.39 is 36.1 Å². The number of rotatable bonds is 45. The SMILES string of the molecule is CCCCCCCCCCCC(=O)O[C@H](CCCCCCCCCCC)CC(=O)N[C@@H](CCO)C(=O)NCCC[C@H](CO)NC(=O)C[C@H](O)CCCCCCCCCCC. The molecule has 0 aromatic heterocycles. The summed E-state index contributed by atoms with van der Waals surface area (Å²) in [6.45, 7) is 6.35. The van der Waals surface area contributed by atoms with Gasteiger partial charge >= 0.3 is 5.97 Å². The van der Waals surface area contributed by atoms with Crippen LogP contribution >= 0.6 is 0 Å². The molecule has 0 aliphatic heterocycles. The zero-order valence-electron chi connectivity index (χ0n) is 39.1. The Hall–Kier alpha value is -2.24. The number of hydrogen-bond acceptors (Lipinski definition) is 8. The lowest BCUT2D eigenvalue weighted by Crippen LogP contribution is -2.48. The molecule has 0 aromatic carbocycles. The lowest BCUT2D eigenvalue weighted by Gasteiger charge is -2.21. The summed E-state index contributed by atoms with van der Waals surface area (Å²) in [5.41, 5.74) is 0. The van der Waals surface area contributed by atoms with Crippen LogP contribution in [0.4, 0.5) is 0 Å². The third-order valence-electron chi connectivity index (χ3n) is 11.6. The van der Waals surface area contributed by atoms with Crippen LogP contribution in [-0.2, 0) is 23.9 Å². The summed E-state index contributed by atoms with van der Waals surface area (Å²) in [4.78, 5) is 51.7. The fourth-order valence-corrected chi connectivity index (χ4v) is 7.75. The molecule has 0 saturated heterocycles. The minimum atomic E-state index is -0.950. The van der Waals surface area contributed by atoms with Crippen LogP contribution in [0.3, 0.4) is 0 Å². The van der Waals surface area contributed by atoms with Gasteiger partial charge in [-0.15, -0.1) is 0 Å². The molecule has 4 atom stereocenters. The van der Waals surface area contributed by atoms with Crippen LogP contribution in [0.5, 0.6) is 0 Å². The highest BCUT2D eigenvalue weighted by atomic mass is 16.5. The highest BCUT2D eigenvalue weighted by molar-refractivity contribution is 5.87. The largest absolute Gasteiger partial charge is 0.462 e. The van der Waals surface area contributed by atoms with Crippen molar-refractivity contribution in [1.29, 1.82) is 0 Å². The van der Waals surface area contributed by atoms with Gasteiger partial charge in [0.1, 0.15) is 12.1 Å². The van der Waals surface area contributed by atoms with E-state index in [4.69, 9.17) is 4.74 Å². The van der Waals surface area contributed by atoms with Crippen molar-refractivity contribution in [2.45, 2.75) is 270 Å². The molecule has 0 spiro atoms. The molecule has 0 heterocycles. The summed E-state index contributed by atoms with van der Waals surface area (Å²) in [5, 5.41) is 38.3. The van der Waals surface area contributed by atoms with E-state index in [2.05, 4.69) is 36.7 Å². The van der Waals surface area contributed by atoms with E-state index in [0.717, 1.165) is 57.8 Å². The summed E-state index contributed by atoms with van der Waals surface area (Å²) in [6.07, 6.45) is 32.7. The lowest BCUT2D eigenvalue weighted by molar-refractivity contribution is -0.151. The standard InChI is InChI=1S/C49H95N3O8/c1-4-7-10-13-16-19-22-25-28-33-43(55)39-46(56)51-42(41-54)32-31-37-50-49(59)45(36-38-53)52-47(57)40-44(34-29-26-23-20-17-14-11-8-5-2)60-48(58)35-30-27-24-21-18-15-12-9-6-3/h42-45,53-55H,4-41H2,1-3H3,(H,50,59)(H,51,56)(H,52,57)/t42-,43-,44-,45+/m1/s1. The number of carbonyl (C=O) groups excluding carboxylic acids is 4. The Balaban J connectivity index is 4.77. The maximum atomic E-state index is 13.2. The summed E-state index contributed by atoms with van der Waals surface area (Å²) < 4.78 is 5.86. The number of esters is 1. The average Bonchev–Trinajstić information content (AvgIpc) is 3.22.